The summed E-state index contributed by atoms with van der Waals surface area (Å²) < 4.78 is 4.77. The predicted molar refractivity (Wildman–Crippen MR) is 41.1 cm³/mol. The van der Waals surface area contributed by atoms with Gasteiger partial charge < -0.3 is 4.74 Å². The first kappa shape index (κ1) is 9.76. The lowest BCUT2D eigenvalue weighted by molar-refractivity contribution is -0.147. The van der Waals surface area contributed by atoms with Crippen LogP contribution in [0, 0.1) is 5.92 Å². The third-order valence-electron chi connectivity index (χ3n) is 1.34. The predicted octanol–water partition coefficient (Wildman–Crippen LogP) is 1.81. The van der Waals surface area contributed by atoms with Crippen molar-refractivity contribution in [2.45, 2.75) is 20.3 Å². The molecule has 1 unspecified atom stereocenters. The molecule has 0 saturated heterocycles. The van der Waals surface area contributed by atoms with Gasteiger partial charge in [-0.25, -0.2) is 0 Å². The Morgan fingerprint density at radius 2 is 2.30 bits per heavy atom. The smallest absolute Gasteiger partial charge is 0.308 e. The number of alkyl halides is 1. The fourth-order valence-corrected chi connectivity index (χ4v) is 0.525. The van der Waals surface area contributed by atoms with Crippen LogP contribution in [0.3, 0.4) is 0 Å². The lowest BCUT2D eigenvalue weighted by Gasteiger charge is -2.06. The van der Waals surface area contributed by atoms with Crippen LogP contribution in [0.4, 0.5) is 0 Å². The Kier molecular flexibility index (Phi) is 5.40. The van der Waals surface area contributed by atoms with Crippen molar-refractivity contribution in [1.82, 2.24) is 0 Å². The number of rotatable bonds is 4. The summed E-state index contributed by atoms with van der Waals surface area (Å²) in [4.78, 5) is 10.9. The Balaban J connectivity index is 3.42. The van der Waals surface area contributed by atoms with Crippen LogP contribution in [0.5, 0.6) is 0 Å². The number of hydrogen-bond donors (Lipinski definition) is 0. The molecule has 0 saturated carbocycles. The van der Waals surface area contributed by atoms with E-state index in [9.17, 15) is 4.79 Å². The molecule has 0 aliphatic carbocycles. The molecule has 0 rings (SSSR count). The van der Waals surface area contributed by atoms with Crippen molar-refractivity contribution < 1.29 is 9.53 Å². The lowest BCUT2D eigenvalue weighted by Crippen LogP contribution is -2.14. The van der Waals surface area contributed by atoms with Crippen molar-refractivity contribution in [3.05, 3.63) is 0 Å². The molecule has 0 bridgehead atoms. The Labute approximate surface area is 66.5 Å². The molecular formula is C7H13ClO2. The number of hydrogen-bond acceptors (Lipinski definition) is 2. The molecule has 0 heterocycles. The van der Waals surface area contributed by atoms with Crippen LogP contribution in [0.2, 0.25) is 0 Å². The van der Waals surface area contributed by atoms with Crippen molar-refractivity contribution in [2.75, 3.05) is 12.5 Å². The molecule has 0 radical (unpaired) electrons. The summed E-state index contributed by atoms with van der Waals surface area (Å²) >= 11 is 5.32. The summed E-state index contributed by atoms with van der Waals surface area (Å²) in [5.74, 6) is 0.230. The van der Waals surface area contributed by atoms with Crippen LogP contribution >= 0.6 is 11.6 Å². The zero-order chi connectivity index (χ0) is 7.98. The SMILES string of the molecule is CCC(C)C(=O)OCCCl. The maximum absolute atomic E-state index is 10.9. The maximum Gasteiger partial charge on any atom is 0.308 e. The van der Waals surface area contributed by atoms with Gasteiger partial charge in [0.15, 0.2) is 0 Å². The Bertz CT molecular complexity index is 104. The molecule has 0 aromatic carbocycles. The Morgan fingerprint density at radius 3 is 2.70 bits per heavy atom. The first-order valence-corrected chi connectivity index (χ1v) is 3.98. The monoisotopic (exact) mass is 164 g/mol. The molecule has 0 aliphatic heterocycles. The van der Waals surface area contributed by atoms with Gasteiger partial charge in [-0.1, -0.05) is 13.8 Å². The van der Waals surface area contributed by atoms with E-state index in [4.69, 9.17) is 16.3 Å². The Hall–Kier alpha value is -0.240. The van der Waals surface area contributed by atoms with Gasteiger partial charge in [-0.15, -0.1) is 11.6 Å². The molecule has 10 heavy (non-hydrogen) atoms. The van der Waals surface area contributed by atoms with Gasteiger partial charge in [0.05, 0.1) is 11.8 Å². The zero-order valence-corrected chi connectivity index (χ0v) is 7.15. The van der Waals surface area contributed by atoms with Crippen LogP contribution in [0.25, 0.3) is 0 Å². The molecule has 0 aliphatic rings. The third kappa shape index (κ3) is 3.72. The van der Waals surface area contributed by atoms with Crippen molar-refractivity contribution in [1.29, 1.82) is 0 Å². The van der Waals surface area contributed by atoms with Gasteiger partial charge in [0.2, 0.25) is 0 Å². The average molecular weight is 165 g/mol. The van der Waals surface area contributed by atoms with E-state index < -0.39 is 0 Å². The van der Waals surface area contributed by atoms with Crippen LogP contribution in [0.1, 0.15) is 20.3 Å². The van der Waals surface area contributed by atoms with Gasteiger partial charge in [-0.3, -0.25) is 4.79 Å². The van der Waals surface area contributed by atoms with Crippen LogP contribution in [0.15, 0.2) is 0 Å². The van der Waals surface area contributed by atoms with E-state index in [2.05, 4.69) is 0 Å². The molecule has 60 valence electrons. The van der Waals surface area contributed by atoms with E-state index >= 15 is 0 Å². The van der Waals surface area contributed by atoms with Crippen molar-refractivity contribution in [3.8, 4) is 0 Å². The normalized spacial score (nSPS) is 12.7. The minimum absolute atomic E-state index is 0.00298. The molecule has 0 N–H and O–H groups in total. The fourth-order valence-electron chi connectivity index (χ4n) is 0.448. The summed E-state index contributed by atoms with van der Waals surface area (Å²) in [6.45, 7) is 4.12. The molecule has 0 amide bonds. The Morgan fingerprint density at radius 1 is 1.70 bits per heavy atom. The van der Waals surface area contributed by atoms with E-state index in [-0.39, 0.29) is 11.9 Å². The maximum atomic E-state index is 10.9. The highest BCUT2D eigenvalue weighted by Gasteiger charge is 2.10. The number of carbonyl (C=O) groups excluding carboxylic acids is 1. The van der Waals surface area contributed by atoms with Crippen LogP contribution in [-0.4, -0.2) is 18.5 Å². The molecule has 2 nitrogen and oxygen atoms in total. The van der Waals surface area contributed by atoms with E-state index in [0.717, 1.165) is 6.42 Å². The third-order valence-corrected chi connectivity index (χ3v) is 1.49. The summed E-state index contributed by atoms with van der Waals surface area (Å²) in [7, 11) is 0. The first-order chi connectivity index (χ1) is 4.72. The van der Waals surface area contributed by atoms with E-state index in [0.29, 0.717) is 12.5 Å². The highest BCUT2D eigenvalue weighted by molar-refractivity contribution is 6.18. The molecule has 0 aromatic heterocycles. The molecular weight excluding hydrogens is 152 g/mol. The second kappa shape index (κ2) is 5.54. The number of halogens is 1. The minimum Gasteiger partial charge on any atom is -0.464 e. The number of carbonyl (C=O) groups is 1. The largest absolute Gasteiger partial charge is 0.464 e. The van der Waals surface area contributed by atoms with Gasteiger partial charge in [-0.2, -0.15) is 0 Å². The van der Waals surface area contributed by atoms with Gasteiger partial charge in [0.1, 0.15) is 6.61 Å². The standard InChI is InChI=1S/C7H13ClO2/c1-3-6(2)7(9)10-5-4-8/h6H,3-5H2,1-2H3. The van der Waals surface area contributed by atoms with Gasteiger partial charge in [-0.05, 0) is 6.42 Å². The summed E-state index contributed by atoms with van der Waals surface area (Å²) in [5, 5.41) is 0. The highest BCUT2D eigenvalue weighted by Crippen LogP contribution is 2.02. The second-order valence-corrected chi connectivity index (χ2v) is 2.54. The van der Waals surface area contributed by atoms with E-state index in [1.807, 2.05) is 13.8 Å². The average Bonchev–Trinajstić information content (AvgIpc) is 1.98. The first-order valence-electron chi connectivity index (χ1n) is 3.45. The van der Waals surface area contributed by atoms with Crippen LogP contribution < -0.4 is 0 Å². The zero-order valence-electron chi connectivity index (χ0n) is 6.39. The highest BCUT2D eigenvalue weighted by atomic mass is 35.5. The van der Waals surface area contributed by atoms with E-state index in [1.54, 1.807) is 0 Å². The van der Waals surface area contributed by atoms with Crippen LogP contribution in [-0.2, 0) is 9.53 Å². The molecule has 1 atom stereocenters. The van der Waals surface area contributed by atoms with Crippen molar-refractivity contribution >= 4 is 17.6 Å². The topological polar surface area (TPSA) is 26.3 Å². The lowest BCUT2D eigenvalue weighted by atomic mass is 10.1. The molecule has 0 aromatic rings. The van der Waals surface area contributed by atoms with Crippen molar-refractivity contribution in [3.63, 3.8) is 0 Å². The molecule has 0 fully saturated rings. The minimum atomic E-state index is -0.150. The second-order valence-electron chi connectivity index (χ2n) is 2.17. The van der Waals surface area contributed by atoms with Gasteiger partial charge in [0, 0.05) is 0 Å². The summed E-state index contributed by atoms with van der Waals surface area (Å²) in [5.41, 5.74) is 0. The van der Waals surface area contributed by atoms with E-state index in [1.165, 1.54) is 0 Å². The number of esters is 1. The van der Waals surface area contributed by atoms with Gasteiger partial charge in [0.25, 0.3) is 0 Å². The summed E-state index contributed by atoms with van der Waals surface area (Å²) in [6.07, 6.45) is 0.821. The van der Waals surface area contributed by atoms with Crippen molar-refractivity contribution in [2.24, 2.45) is 5.92 Å². The number of ether oxygens (including phenoxy) is 1. The molecule has 0 spiro atoms. The molecule has 3 heteroatoms. The fraction of sp³-hybridized carbons (Fsp3) is 0.857. The quantitative estimate of drug-likeness (QED) is 0.468. The van der Waals surface area contributed by atoms with Gasteiger partial charge >= 0.3 is 5.97 Å². The summed E-state index contributed by atoms with van der Waals surface area (Å²) in [6, 6.07) is 0.